The van der Waals surface area contributed by atoms with Crippen molar-refractivity contribution >= 4 is 50.7 Å². The third kappa shape index (κ3) is 4.37. The van der Waals surface area contributed by atoms with Gasteiger partial charge in [-0.3, -0.25) is 0 Å². The molecule has 0 atom stereocenters. The number of halogens is 2. The molecule has 2 heterocycles. The zero-order chi connectivity index (χ0) is 21.3. The zero-order valence-electron chi connectivity index (χ0n) is 16.0. The van der Waals surface area contributed by atoms with E-state index in [-0.39, 0.29) is 4.90 Å². The molecule has 10 heteroatoms. The van der Waals surface area contributed by atoms with E-state index >= 15 is 0 Å². The average molecular weight is 464 g/mol. The molecule has 0 unspecified atom stereocenters. The van der Waals surface area contributed by atoms with Gasteiger partial charge in [0.2, 0.25) is 16.0 Å². The number of nitrogens with one attached hydrogen (secondary N) is 3. The topological polar surface area (TPSA) is 96.0 Å². The maximum atomic E-state index is 12.5. The summed E-state index contributed by atoms with van der Waals surface area (Å²) >= 11 is 12.4. The summed E-state index contributed by atoms with van der Waals surface area (Å²) in [5.74, 6) is 0.966. The summed E-state index contributed by atoms with van der Waals surface area (Å²) in [5, 5.41) is 7.29. The largest absolute Gasteiger partial charge is 0.369 e. The van der Waals surface area contributed by atoms with Crippen molar-refractivity contribution in [2.45, 2.75) is 18.2 Å². The van der Waals surface area contributed by atoms with Crippen molar-refractivity contribution in [2.24, 2.45) is 0 Å². The lowest BCUT2D eigenvalue weighted by Crippen LogP contribution is -2.26. The van der Waals surface area contributed by atoms with Gasteiger partial charge in [-0.25, -0.2) is 18.1 Å². The number of aromatic nitrogens is 2. The van der Waals surface area contributed by atoms with E-state index in [4.69, 9.17) is 23.2 Å². The monoisotopic (exact) mass is 463 g/mol. The number of anilines is 3. The number of rotatable bonds is 1. The molecule has 3 N–H and O–H groups in total. The van der Waals surface area contributed by atoms with Gasteiger partial charge in [-0.2, -0.15) is 4.98 Å². The van der Waals surface area contributed by atoms with Crippen molar-refractivity contribution in [3.05, 3.63) is 58.2 Å². The standard InChI is InChI=1S/C20H19Cl2N5O2S/c1-12-8-17(21)18(22)10-15(12)16-11-24-20-26-13-4-2-5-14(9-13)30(28,29)25-7-3-6-23-19(16)27-20/h2,4-5,8-11,25H,3,6-7H2,1H3,(H2,23,24,26,27). The van der Waals surface area contributed by atoms with Gasteiger partial charge in [-0.1, -0.05) is 29.3 Å². The second-order valence-corrected chi connectivity index (χ2v) is 9.45. The molecule has 1 aromatic heterocycles. The number of fused-ring (bicyclic) bond motifs is 4. The highest BCUT2D eigenvalue weighted by molar-refractivity contribution is 7.89. The van der Waals surface area contributed by atoms with Crippen LogP contribution in [0, 0.1) is 6.92 Å². The molecule has 30 heavy (non-hydrogen) atoms. The van der Waals surface area contributed by atoms with Crippen LogP contribution in [0.25, 0.3) is 11.1 Å². The van der Waals surface area contributed by atoms with Crippen molar-refractivity contribution in [2.75, 3.05) is 23.7 Å². The van der Waals surface area contributed by atoms with Gasteiger partial charge in [0, 0.05) is 30.5 Å². The number of nitrogens with zero attached hydrogens (tertiary/aromatic N) is 2. The maximum Gasteiger partial charge on any atom is 0.240 e. The predicted molar refractivity (Wildman–Crippen MR) is 120 cm³/mol. The molecule has 4 bridgehead atoms. The highest BCUT2D eigenvalue weighted by Crippen LogP contribution is 2.35. The highest BCUT2D eigenvalue weighted by atomic mass is 35.5. The molecule has 1 aliphatic rings. The SMILES string of the molecule is Cc1cc(Cl)c(Cl)cc1-c1cnc2nc1NCCCNS(=O)(=O)c1cccc(c1)N2. The quantitative estimate of drug-likeness (QED) is 0.487. The van der Waals surface area contributed by atoms with Crippen molar-refractivity contribution < 1.29 is 8.42 Å². The van der Waals surface area contributed by atoms with Crippen LogP contribution in [0.5, 0.6) is 0 Å². The fraction of sp³-hybridized carbons (Fsp3) is 0.200. The second-order valence-electron chi connectivity index (χ2n) is 6.87. The predicted octanol–water partition coefficient (Wildman–Crippen LogP) is 4.60. The van der Waals surface area contributed by atoms with E-state index in [0.29, 0.717) is 47.0 Å². The highest BCUT2D eigenvalue weighted by Gasteiger charge is 2.17. The van der Waals surface area contributed by atoms with E-state index in [1.54, 1.807) is 42.6 Å². The van der Waals surface area contributed by atoms with E-state index in [0.717, 1.165) is 16.7 Å². The first-order valence-electron chi connectivity index (χ1n) is 9.27. The van der Waals surface area contributed by atoms with Gasteiger partial charge in [0.05, 0.1) is 14.9 Å². The Bertz CT molecular complexity index is 1220. The van der Waals surface area contributed by atoms with Gasteiger partial charge in [0.15, 0.2) is 0 Å². The Morgan fingerprint density at radius 1 is 1.03 bits per heavy atom. The number of benzene rings is 2. The molecule has 2 aromatic carbocycles. The Kier molecular flexibility index (Phi) is 5.84. The molecule has 0 saturated heterocycles. The molecule has 0 aliphatic carbocycles. The van der Waals surface area contributed by atoms with Crippen molar-refractivity contribution in [3.8, 4) is 11.1 Å². The lowest BCUT2D eigenvalue weighted by molar-refractivity contribution is 0.580. The van der Waals surface area contributed by atoms with Crippen molar-refractivity contribution in [3.63, 3.8) is 0 Å². The Morgan fingerprint density at radius 3 is 2.67 bits per heavy atom. The van der Waals surface area contributed by atoms with Crippen LogP contribution in [0.3, 0.4) is 0 Å². The molecule has 3 aromatic rings. The summed E-state index contributed by atoms with van der Waals surface area (Å²) in [5.41, 5.74) is 3.16. The van der Waals surface area contributed by atoms with Crippen LogP contribution < -0.4 is 15.4 Å². The van der Waals surface area contributed by atoms with E-state index < -0.39 is 10.0 Å². The molecule has 0 spiro atoms. The maximum absolute atomic E-state index is 12.5. The Balaban J connectivity index is 1.78. The van der Waals surface area contributed by atoms with Crippen molar-refractivity contribution in [1.29, 1.82) is 0 Å². The van der Waals surface area contributed by atoms with Crippen LogP contribution in [-0.2, 0) is 10.0 Å². The minimum Gasteiger partial charge on any atom is -0.369 e. The van der Waals surface area contributed by atoms with Crippen LogP contribution in [-0.4, -0.2) is 31.5 Å². The molecular weight excluding hydrogens is 445 g/mol. The summed E-state index contributed by atoms with van der Waals surface area (Å²) in [6.45, 7) is 2.76. The van der Waals surface area contributed by atoms with Gasteiger partial charge in [-0.05, 0) is 54.8 Å². The van der Waals surface area contributed by atoms with Gasteiger partial charge in [0.25, 0.3) is 0 Å². The summed E-state index contributed by atoms with van der Waals surface area (Å²) < 4.78 is 27.6. The normalized spacial score (nSPS) is 15.7. The average Bonchev–Trinajstić information content (AvgIpc) is 2.71. The minimum atomic E-state index is -3.59. The van der Waals surface area contributed by atoms with Gasteiger partial charge in [-0.15, -0.1) is 0 Å². The molecule has 0 fully saturated rings. The number of aryl methyl sites for hydroxylation is 1. The lowest BCUT2D eigenvalue weighted by atomic mass is 10.0. The summed E-state index contributed by atoms with van der Waals surface area (Å²) in [6.07, 6.45) is 2.29. The van der Waals surface area contributed by atoms with E-state index in [9.17, 15) is 8.42 Å². The smallest absolute Gasteiger partial charge is 0.240 e. The first kappa shape index (κ1) is 20.9. The summed E-state index contributed by atoms with van der Waals surface area (Å²) in [7, 11) is -3.59. The first-order chi connectivity index (χ1) is 14.3. The molecule has 0 saturated carbocycles. The Hall–Kier alpha value is -2.39. The summed E-state index contributed by atoms with van der Waals surface area (Å²) in [4.78, 5) is 9.22. The minimum absolute atomic E-state index is 0.183. The number of hydrogen-bond acceptors (Lipinski definition) is 6. The van der Waals surface area contributed by atoms with Gasteiger partial charge < -0.3 is 10.6 Å². The summed E-state index contributed by atoms with van der Waals surface area (Å²) in [6, 6.07) is 10.1. The molecule has 1 aliphatic heterocycles. The van der Waals surface area contributed by atoms with Gasteiger partial charge in [0.1, 0.15) is 5.82 Å². The van der Waals surface area contributed by atoms with Gasteiger partial charge >= 0.3 is 0 Å². The molecule has 156 valence electrons. The second kappa shape index (κ2) is 8.39. The third-order valence-corrected chi connectivity index (χ3v) is 6.87. The zero-order valence-corrected chi connectivity index (χ0v) is 18.4. The van der Waals surface area contributed by atoms with Crippen LogP contribution in [0.15, 0.2) is 47.5 Å². The van der Waals surface area contributed by atoms with Crippen LogP contribution in [0.2, 0.25) is 10.0 Å². The van der Waals surface area contributed by atoms with Crippen LogP contribution in [0.1, 0.15) is 12.0 Å². The van der Waals surface area contributed by atoms with Crippen molar-refractivity contribution in [1.82, 2.24) is 14.7 Å². The number of sulfonamides is 1. The van der Waals surface area contributed by atoms with E-state index in [1.165, 1.54) is 0 Å². The fourth-order valence-corrected chi connectivity index (χ4v) is 4.67. The van der Waals surface area contributed by atoms with E-state index in [2.05, 4.69) is 25.3 Å². The first-order valence-corrected chi connectivity index (χ1v) is 11.5. The van der Waals surface area contributed by atoms with Crippen LogP contribution in [0.4, 0.5) is 17.5 Å². The number of hydrogen-bond donors (Lipinski definition) is 3. The lowest BCUT2D eigenvalue weighted by Gasteiger charge is -2.15. The molecule has 0 amide bonds. The molecular formula is C20H19Cl2N5O2S. The fourth-order valence-electron chi connectivity index (χ4n) is 3.17. The Morgan fingerprint density at radius 2 is 1.83 bits per heavy atom. The van der Waals surface area contributed by atoms with E-state index in [1.807, 2.05) is 6.92 Å². The molecule has 4 rings (SSSR count). The molecule has 7 nitrogen and oxygen atoms in total. The molecule has 0 radical (unpaired) electrons. The van der Waals surface area contributed by atoms with Crippen LogP contribution >= 0.6 is 23.2 Å². The third-order valence-electron chi connectivity index (χ3n) is 4.68. The Labute approximate surface area is 184 Å².